The predicted molar refractivity (Wildman–Crippen MR) is 51.2 cm³/mol. The van der Waals surface area contributed by atoms with Crippen LogP contribution in [0.15, 0.2) is 16.9 Å². The molecule has 0 bridgehead atoms. The van der Waals surface area contributed by atoms with Crippen LogP contribution in [0, 0.1) is 0 Å². The molecule has 0 fully saturated rings. The Bertz CT molecular complexity index is 272. The van der Waals surface area contributed by atoms with Crippen LogP contribution in [0.25, 0.3) is 0 Å². The molecule has 0 saturated carbocycles. The lowest BCUT2D eigenvalue weighted by Crippen LogP contribution is -2.40. The van der Waals surface area contributed by atoms with Crippen molar-refractivity contribution in [3.8, 4) is 0 Å². The van der Waals surface area contributed by atoms with Gasteiger partial charge in [0.05, 0.1) is 12.6 Å². The van der Waals surface area contributed by atoms with E-state index in [1.807, 2.05) is 6.92 Å². The lowest BCUT2D eigenvalue weighted by atomic mass is 10.2. The number of aromatic nitrogens is 1. The van der Waals surface area contributed by atoms with E-state index in [1.54, 1.807) is 6.07 Å². The minimum atomic E-state index is -0.424. The third-order valence-electron chi connectivity index (χ3n) is 1.87. The summed E-state index contributed by atoms with van der Waals surface area (Å²) in [5.74, 6) is -0.144. The SMILES string of the molecule is CCCC(N)C(=O)NCc1ccon1. The molecule has 0 aliphatic heterocycles. The van der Waals surface area contributed by atoms with Gasteiger partial charge in [-0.1, -0.05) is 18.5 Å². The Balaban J connectivity index is 2.27. The van der Waals surface area contributed by atoms with E-state index in [-0.39, 0.29) is 5.91 Å². The molecule has 1 amide bonds. The molecule has 14 heavy (non-hydrogen) atoms. The molecule has 3 N–H and O–H groups in total. The quantitative estimate of drug-likeness (QED) is 0.716. The second kappa shape index (κ2) is 5.39. The van der Waals surface area contributed by atoms with Gasteiger partial charge in [0.1, 0.15) is 12.0 Å². The van der Waals surface area contributed by atoms with Gasteiger partial charge in [-0.2, -0.15) is 0 Å². The minimum Gasteiger partial charge on any atom is -0.364 e. The molecule has 5 heteroatoms. The summed E-state index contributed by atoms with van der Waals surface area (Å²) in [5.41, 5.74) is 6.31. The van der Waals surface area contributed by atoms with Gasteiger partial charge in [-0.15, -0.1) is 0 Å². The second-order valence-corrected chi connectivity index (χ2v) is 3.10. The number of rotatable bonds is 5. The zero-order valence-corrected chi connectivity index (χ0v) is 8.19. The lowest BCUT2D eigenvalue weighted by molar-refractivity contribution is -0.122. The number of carbonyl (C=O) groups is 1. The van der Waals surface area contributed by atoms with Crippen LogP contribution in [0.5, 0.6) is 0 Å². The van der Waals surface area contributed by atoms with Gasteiger partial charge in [0, 0.05) is 6.07 Å². The number of nitrogens with two attached hydrogens (primary N) is 1. The van der Waals surface area contributed by atoms with E-state index in [0.717, 1.165) is 6.42 Å². The zero-order valence-electron chi connectivity index (χ0n) is 8.19. The molecule has 1 unspecified atom stereocenters. The summed E-state index contributed by atoms with van der Waals surface area (Å²) in [6, 6.07) is 1.28. The molecule has 1 rings (SSSR count). The summed E-state index contributed by atoms with van der Waals surface area (Å²) in [6.45, 7) is 2.36. The van der Waals surface area contributed by atoms with Crippen LogP contribution in [-0.2, 0) is 11.3 Å². The number of nitrogens with zero attached hydrogens (tertiary/aromatic N) is 1. The minimum absolute atomic E-state index is 0.144. The third-order valence-corrected chi connectivity index (χ3v) is 1.87. The smallest absolute Gasteiger partial charge is 0.237 e. The fourth-order valence-corrected chi connectivity index (χ4v) is 1.08. The van der Waals surface area contributed by atoms with Gasteiger partial charge in [-0.25, -0.2) is 0 Å². The van der Waals surface area contributed by atoms with Crippen molar-refractivity contribution in [3.63, 3.8) is 0 Å². The highest BCUT2D eigenvalue weighted by atomic mass is 16.5. The van der Waals surface area contributed by atoms with Crippen LogP contribution in [-0.4, -0.2) is 17.1 Å². The van der Waals surface area contributed by atoms with Gasteiger partial charge < -0.3 is 15.6 Å². The largest absolute Gasteiger partial charge is 0.364 e. The van der Waals surface area contributed by atoms with E-state index in [4.69, 9.17) is 5.73 Å². The molecule has 0 saturated heterocycles. The monoisotopic (exact) mass is 197 g/mol. The van der Waals surface area contributed by atoms with E-state index in [2.05, 4.69) is 15.0 Å². The van der Waals surface area contributed by atoms with Crippen LogP contribution in [0.2, 0.25) is 0 Å². The average molecular weight is 197 g/mol. The first-order chi connectivity index (χ1) is 6.74. The van der Waals surface area contributed by atoms with Gasteiger partial charge in [0.15, 0.2) is 0 Å². The molecule has 78 valence electrons. The Labute approximate surface area is 82.6 Å². The van der Waals surface area contributed by atoms with Crippen molar-refractivity contribution in [2.24, 2.45) is 5.73 Å². The average Bonchev–Trinajstić information content (AvgIpc) is 2.67. The fraction of sp³-hybridized carbons (Fsp3) is 0.556. The first-order valence-corrected chi connectivity index (χ1v) is 4.66. The molecule has 0 aliphatic rings. The van der Waals surface area contributed by atoms with Crippen molar-refractivity contribution in [2.75, 3.05) is 0 Å². The number of hydrogen-bond acceptors (Lipinski definition) is 4. The Morgan fingerprint density at radius 3 is 3.14 bits per heavy atom. The maximum atomic E-state index is 11.3. The van der Waals surface area contributed by atoms with Crippen LogP contribution < -0.4 is 11.1 Å². The number of nitrogens with one attached hydrogen (secondary N) is 1. The first kappa shape index (κ1) is 10.7. The highest BCUT2D eigenvalue weighted by molar-refractivity contribution is 5.81. The predicted octanol–water partition coefficient (Wildman–Crippen LogP) is 0.418. The van der Waals surface area contributed by atoms with E-state index in [0.29, 0.717) is 18.7 Å². The van der Waals surface area contributed by atoms with E-state index in [9.17, 15) is 4.79 Å². The molecule has 5 nitrogen and oxygen atoms in total. The summed E-state index contributed by atoms with van der Waals surface area (Å²) < 4.78 is 4.62. The summed E-state index contributed by atoms with van der Waals surface area (Å²) in [4.78, 5) is 11.3. The molecular weight excluding hydrogens is 182 g/mol. The lowest BCUT2D eigenvalue weighted by Gasteiger charge is -2.09. The van der Waals surface area contributed by atoms with Gasteiger partial charge in [-0.05, 0) is 6.42 Å². The van der Waals surface area contributed by atoms with E-state index < -0.39 is 6.04 Å². The summed E-state index contributed by atoms with van der Waals surface area (Å²) in [7, 11) is 0. The number of carbonyl (C=O) groups excluding carboxylic acids is 1. The number of hydrogen-bond donors (Lipinski definition) is 2. The van der Waals surface area contributed by atoms with Gasteiger partial charge in [0.25, 0.3) is 0 Å². The van der Waals surface area contributed by atoms with Gasteiger partial charge >= 0.3 is 0 Å². The fourth-order valence-electron chi connectivity index (χ4n) is 1.08. The molecule has 0 radical (unpaired) electrons. The summed E-state index contributed by atoms with van der Waals surface area (Å²) >= 11 is 0. The van der Waals surface area contributed by atoms with Crippen LogP contribution in [0.3, 0.4) is 0 Å². The van der Waals surface area contributed by atoms with Crippen LogP contribution >= 0.6 is 0 Å². The summed E-state index contributed by atoms with van der Waals surface area (Å²) in [5, 5.41) is 6.35. The molecule has 0 aliphatic carbocycles. The molecule has 1 heterocycles. The van der Waals surface area contributed by atoms with Crippen molar-refractivity contribution in [2.45, 2.75) is 32.4 Å². The van der Waals surface area contributed by atoms with Gasteiger partial charge in [-0.3, -0.25) is 4.79 Å². The Hall–Kier alpha value is -1.36. The second-order valence-electron chi connectivity index (χ2n) is 3.10. The number of amides is 1. The van der Waals surface area contributed by atoms with Crippen molar-refractivity contribution in [3.05, 3.63) is 18.0 Å². The van der Waals surface area contributed by atoms with Crippen molar-refractivity contribution in [1.82, 2.24) is 10.5 Å². The molecule has 1 aromatic rings. The first-order valence-electron chi connectivity index (χ1n) is 4.66. The Morgan fingerprint density at radius 1 is 1.79 bits per heavy atom. The van der Waals surface area contributed by atoms with E-state index in [1.165, 1.54) is 6.26 Å². The molecular formula is C9H15N3O2. The van der Waals surface area contributed by atoms with Gasteiger partial charge in [0.2, 0.25) is 5.91 Å². The Kier molecular flexibility index (Phi) is 4.12. The van der Waals surface area contributed by atoms with Crippen molar-refractivity contribution in [1.29, 1.82) is 0 Å². The zero-order chi connectivity index (χ0) is 10.4. The topological polar surface area (TPSA) is 81.2 Å². The normalized spacial score (nSPS) is 12.4. The molecule has 0 aromatic carbocycles. The maximum absolute atomic E-state index is 11.3. The molecule has 1 aromatic heterocycles. The highest BCUT2D eigenvalue weighted by Crippen LogP contribution is 1.96. The van der Waals surface area contributed by atoms with Crippen molar-refractivity contribution >= 4 is 5.91 Å². The molecule has 1 atom stereocenters. The van der Waals surface area contributed by atoms with E-state index >= 15 is 0 Å². The van der Waals surface area contributed by atoms with Crippen LogP contribution in [0.4, 0.5) is 0 Å². The molecule has 0 spiro atoms. The maximum Gasteiger partial charge on any atom is 0.237 e. The van der Waals surface area contributed by atoms with Crippen molar-refractivity contribution < 1.29 is 9.32 Å². The highest BCUT2D eigenvalue weighted by Gasteiger charge is 2.11. The Morgan fingerprint density at radius 2 is 2.57 bits per heavy atom. The third kappa shape index (κ3) is 3.18. The summed E-state index contributed by atoms with van der Waals surface area (Å²) in [6.07, 6.45) is 3.07. The standard InChI is InChI=1S/C9H15N3O2/c1-2-3-8(10)9(13)11-6-7-4-5-14-12-7/h4-5,8H,2-3,6,10H2,1H3,(H,11,13). The van der Waals surface area contributed by atoms with Crippen LogP contribution in [0.1, 0.15) is 25.5 Å².